The third-order valence-electron chi connectivity index (χ3n) is 4.75. The molecule has 1 saturated carbocycles. The maximum absolute atomic E-state index is 5.50. The van der Waals surface area contributed by atoms with Gasteiger partial charge in [0.15, 0.2) is 11.5 Å². The average molecular weight is 245 g/mol. The van der Waals surface area contributed by atoms with Crippen molar-refractivity contribution in [2.24, 2.45) is 5.92 Å². The Kier molecular flexibility index (Phi) is 2.47. The highest BCUT2D eigenvalue weighted by atomic mass is 16.7. The minimum Gasteiger partial charge on any atom is -0.454 e. The van der Waals surface area contributed by atoms with Gasteiger partial charge in [-0.05, 0) is 55.3 Å². The number of hydrogen-bond donors (Lipinski definition) is 1. The van der Waals surface area contributed by atoms with Gasteiger partial charge in [0.2, 0.25) is 6.79 Å². The molecule has 3 atom stereocenters. The van der Waals surface area contributed by atoms with Gasteiger partial charge in [-0.3, -0.25) is 0 Å². The van der Waals surface area contributed by atoms with Crippen molar-refractivity contribution in [3.05, 3.63) is 23.8 Å². The normalized spacial score (nSPS) is 33.4. The molecule has 0 aromatic heterocycles. The van der Waals surface area contributed by atoms with E-state index < -0.39 is 0 Å². The second-order valence-corrected chi connectivity index (χ2v) is 5.68. The van der Waals surface area contributed by atoms with Crippen molar-refractivity contribution < 1.29 is 9.47 Å². The van der Waals surface area contributed by atoms with Crippen LogP contribution in [0.15, 0.2) is 18.2 Å². The summed E-state index contributed by atoms with van der Waals surface area (Å²) >= 11 is 0. The number of ether oxygens (including phenoxy) is 2. The highest BCUT2D eigenvalue weighted by Gasteiger charge is 2.37. The van der Waals surface area contributed by atoms with Gasteiger partial charge in [-0.1, -0.05) is 12.5 Å². The maximum atomic E-state index is 5.50. The van der Waals surface area contributed by atoms with Crippen molar-refractivity contribution >= 4 is 0 Å². The van der Waals surface area contributed by atoms with Crippen molar-refractivity contribution in [3.8, 4) is 11.5 Å². The SMILES string of the molecule is c1cc2c(cc1[C@@H]1CCC[C@H]3CCN[C@H]31)OCO2. The molecule has 3 nitrogen and oxygen atoms in total. The van der Waals surface area contributed by atoms with Crippen molar-refractivity contribution in [2.45, 2.75) is 37.6 Å². The minimum absolute atomic E-state index is 0.369. The average Bonchev–Trinajstić information content (AvgIpc) is 3.05. The van der Waals surface area contributed by atoms with Crippen LogP contribution in [0.1, 0.15) is 37.2 Å². The van der Waals surface area contributed by atoms with Crippen LogP contribution in [0.5, 0.6) is 11.5 Å². The Morgan fingerprint density at radius 3 is 3.00 bits per heavy atom. The Morgan fingerprint density at radius 2 is 2.00 bits per heavy atom. The van der Waals surface area contributed by atoms with E-state index in [9.17, 15) is 0 Å². The summed E-state index contributed by atoms with van der Waals surface area (Å²) < 4.78 is 10.9. The van der Waals surface area contributed by atoms with E-state index in [-0.39, 0.29) is 0 Å². The number of rotatable bonds is 1. The summed E-state index contributed by atoms with van der Waals surface area (Å²) in [5, 5.41) is 3.70. The van der Waals surface area contributed by atoms with Crippen LogP contribution in [0.3, 0.4) is 0 Å². The third kappa shape index (κ3) is 1.61. The molecule has 3 heteroatoms. The van der Waals surface area contributed by atoms with Gasteiger partial charge in [0.1, 0.15) is 0 Å². The summed E-state index contributed by atoms with van der Waals surface area (Å²) in [7, 11) is 0. The van der Waals surface area contributed by atoms with Gasteiger partial charge < -0.3 is 14.8 Å². The summed E-state index contributed by atoms with van der Waals surface area (Å²) in [5.41, 5.74) is 1.42. The lowest BCUT2D eigenvalue weighted by molar-refractivity contribution is 0.174. The van der Waals surface area contributed by atoms with Gasteiger partial charge in [0.25, 0.3) is 0 Å². The molecule has 1 N–H and O–H groups in total. The number of fused-ring (bicyclic) bond motifs is 2. The monoisotopic (exact) mass is 245 g/mol. The molecule has 0 unspecified atom stereocenters. The van der Waals surface area contributed by atoms with Crippen LogP contribution in [0.25, 0.3) is 0 Å². The largest absolute Gasteiger partial charge is 0.454 e. The third-order valence-corrected chi connectivity index (χ3v) is 4.75. The van der Waals surface area contributed by atoms with Crippen molar-refractivity contribution in [2.75, 3.05) is 13.3 Å². The first-order valence-electron chi connectivity index (χ1n) is 7.05. The smallest absolute Gasteiger partial charge is 0.231 e. The zero-order chi connectivity index (χ0) is 11.9. The molecule has 1 aromatic rings. The molecule has 18 heavy (non-hydrogen) atoms. The molecule has 3 aliphatic rings. The van der Waals surface area contributed by atoms with Crippen LogP contribution in [0, 0.1) is 5.92 Å². The predicted molar refractivity (Wildman–Crippen MR) is 69.1 cm³/mol. The van der Waals surface area contributed by atoms with E-state index in [0.717, 1.165) is 17.4 Å². The van der Waals surface area contributed by atoms with E-state index >= 15 is 0 Å². The first-order chi connectivity index (χ1) is 8.92. The summed E-state index contributed by atoms with van der Waals surface area (Å²) in [6.45, 7) is 1.56. The Balaban J connectivity index is 1.65. The van der Waals surface area contributed by atoms with Gasteiger partial charge in [-0.25, -0.2) is 0 Å². The Hall–Kier alpha value is -1.22. The Morgan fingerprint density at radius 1 is 1.06 bits per heavy atom. The minimum atomic E-state index is 0.369. The van der Waals surface area contributed by atoms with E-state index in [4.69, 9.17) is 9.47 Å². The van der Waals surface area contributed by atoms with Crippen molar-refractivity contribution in [1.82, 2.24) is 5.32 Å². The van der Waals surface area contributed by atoms with Gasteiger partial charge in [0, 0.05) is 6.04 Å². The fourth-order valence-corrected chi connectivity index (χ4v) is 3.87. The number of benzene rings is 1. The quantitative estimate of drug-likeness (QED) is 0.825. The summed E-state index contributed by atoms with van der Waals surface area (Å²) in [4.78, 5) is 0. The van der Waals surface area contributed by atoms with Crippen molar-refractivity contribution in [1.29, 1.82) is 0 Å². The number of nitrogens with one attached hydrogen (secondary N) is 1. The van der Waals surface area contributed by atoms with Crippen LogP contribution < -0.4 is 14.8 Å². The molecule has 2 aliphatic heterocycles. The molecule has 1 saturated heterocycles. The molecule has 1 aromatic carbocycles. The topological polar surface area (TPSA) is 30.5 Å². The molecule has 1 aliphatic carbocycles. The lowest BCUT2D eigenvalue weighted by Gasteiger charge is -2.34. The van der Waals surface area contributed by atoms with E-state index in [1.54, 1.807) is 0 Å². The van der Waals surface area contributed by atoms with E-state index in [1.165, 1.54) is 37.8 Å². The van der Waals surface area contributed by atoms with Crippen molar-refractivity contribution in [3.63, 3.8) is 0 Å². The lowest BCUT2D eigenvalue weighted by atomic mass is 9.74. The Labute approximate surface area is 107 Å². The van der Waals surface area contributed by atoms with Gasteiger partial charge in [-0.15, -0.1) is 0 Å². The summed E-state index contributed by atoms with van der Waals surface area (Å²) in [6, 6.07) is 7.16. The number of hydrogen-bond acceptors (Lipinski definition) is 3. The van der Waals surface area contributed by atoms with Crippen LogP contribution in [0.4, 0.5) is 0 Å². The molecule has 96 valence electrons. The van der Waals surface area contributed by atoms with Gasteiger partial charge in [0.05, 0.1) is 0 Å². The van der Waals surface area contributed by atoms with Crippen LogP contribution >= 0.6 is 0 Å². The molecular formula is C15H19NO2. The van der Waals surface area contributed by atoms with Crippen LogP contribution in [-0.2, 0) is 0 Å². The summed E-state index contributed by atoms with van der Waals surface area (Å²) in [6.07, 6.45) is 5.42. The highest BCUT2D eigenvalue weighted by molar-refractivity contribution is 5.45. The maximum Gasteiger partial charge on any atom is 0.231 e. The molecular weight excluding hydrogens is 226 g/mol. The zero-order valence-corrected chi connectivity index (χ0v) is 10.5. The molecule has 0 bridgehead atoms. The molecule has 0 spiro atoms. The van der Waals surface area contributed by atoms with E-state index in [1.807, 2.05) is 0 Å². The first-order valence-corrected chi connectivity index (χ1v) is 7.05. The van der Waals surface area contributed by atoms with Crippen LogP contribution in [-0.4, -0.2) is 19.4 Å². The van der Waals surface area contributed by atoms with Gasteiger partial charge >= 0.3 is 0 Å². The zero-order valence-electron chi connectivity index (χ0n) is 10.5. The molecule has 2 fully saturated rings. The molecule has 0 amide bonds. The molecule has 0 radical (unpaired) electrons. The van der Waals surface area contributed by atoms with E-state index in [0.29, 0.717) is 18.8 Å². The molecule has 4 rings (SSSR count). The fraction of sp³-hybridized carbons (Fsp3) is 0.600. The summed E-state index contributed by atoms with van der Waals surface area (Å²) in [5.74, 6) is 3.35. The lowest BCUT2D eigenvalue weighted by Crippen LogP contribution is -2.36. The second kappa shape index (κ2) is 4.16. The standard InChI is InChI=1S/C15H19NO2/c1-2-10-6-7-16-15(10)12(3-1)11-4-5-13-14(8-11)18-9-17-13/h4-5,8,10,12,15-16H,1-3,6-7,9H2/t10-,12-,15+/m0/s1. The highest BCUT2D eigenvalue weighted by Crippen LogP contribution is 2.43. The first kappa shape index (κ1) is 10.7. The second-order valence-electron chi connectivity index (χ2n) is 5.68. The molecule has 2 heterocycles. The Bertz CT molecular complexity index is 460. The van der Waals surface area contributed by atoms with Crippen LogP contribution in [0.2, 0.25) is 0 Å². The predicted octanol–water partition coefficient (Wildman–Crippen LogP) is 2.66. The fourth-order valence-electron chi connectivity index (χ4n) is 3.87. The van der Waals surface area contributed by atoms with Gasteiger partial charge in [-0.2, -0.15) is 0 Å². The van der Waals surface area contributed by atoms with E-state index in [2.05, 4.69) is 23.5 Å².